The van der Waals surface area contributed by atoms with Gasteiger partial charge >= 0.3 is 0 Å². The molecule has 270 valence electrons. The fourth-order valence-corrected chi connectivity index (χ4v) is 8.82. The highest BCUT2D eigenvalue weighted by molar-refractivity contribution is 6.07. The predicted molar refractivity (Wildman–Crippen MR) is 230 cm³/mol. The van der Waals surface area contributed by atoms with E-state index in [0.717, 1.165) is 51.8 Å². The van der Waals surface area contributed by atoms with Crippen molar-refractivity contribution in [3.63, 3.8) is 0 Å². The van der Waals surface area contributed by atoms with Crippen molar-refractivity contribution < 1.29 is 0 Å². The molecule has 0 bridgehead atoms. The first kappa shape index (κ1) is 33.8. The molecule has 1 aliphatic rings. The van der Waals surface area contributed by atoms with E-state index in [1.807, 2.05) is 30.5 Å². The van der Waals surface area contributed by atoms with Crippen LogP contribution in [0.1, 0.15) is 49.9 Å². The predicted octanol–water partition coefficient (Wildman–Crippen LogP) is 12.5. The second kappa shape index (κ2) is 13.2. The Morgan fingerprint density at radius 2 is 1.12 bits per heavy atom. The quantitative estimate of drug-likeness (QED) is 0.164. The van der Waals surface area contributed by atoms with Crippen molar-refractivity contribution in [3.05, 3.63) is 174 Å². The summed E-state index contributed by atoms with van der Waals surface area (Å²) in [4.78, 5) is 20.3. The van der Waals surface area contributed by atoms with Crippen LogP contribution in [0.25, 0.3) is 84.0 Å². The van der Waals surface area contributed by atoms with E-state index in [4.69, 9.17) is 19.9 Å². The fraction of sp³-hybridized carbons (Fsp3) is 0.137. The molecular weight excluding hydrogens is 683 g/mol. The molecule has 56 heavy (non-hydrogen) atoms. The van der Waals surface area contributed by atoms with Crippen LogP contribution in [0.4, 0.5) is 0 Å². The van der Waals surface area contributed by atoms with Crippen molar-refractivity contribution in [2.24, 2.45) is 0 Å². The highest BCUT2D eigenvalue weighted by Crippen LogP contribution is 2.49. The van der Waals surface area contributed by atoms with Gasteiger partial charge in [-0.2, -0.15) is 0 Å². The van der Waals surface area contributed by atoms with Crippen LogP contribution in [0.3, 0.4) is 0 Å². The molecule has 6 aromatic carbocycles. The zero-order valence-electron chi connectivity index (χ0n) is 32.1. The number of fused-ring (bicyclic) bond motifs is 6. The first-order valence-corrected chi connectivity index (χ1v) is 19.6. The number of benzene rings is 6. The Balaban J connectivity index is 1.11. The van der Waals surface area contributed by atoms with Gasteiger partial charge in [0.1, 0.15) is 5.65 Å². The second-order valence-corrected chi connectivity index (χ2v) is 15.3. The van der Waals surface area contributed by atoms with Gasteiger partial charge in [0, 0.05) is 44.8 Å². The number of nitrogens with zero attached hydrogens (tertiary/aromatic N) is 5. The number of aryl methyl sites for hydroxylation is 2. The Morgan fingerprint density at radius 3 is 1.91 bits per heavy atom. The van der Waals surface area contributed by atoms with Crippen molar-refractivity contribution >= 4 is 21.9 Å². The van der Waals surface area contributed by atoms with Gasteiger partial charge in [0.25, 0.3) is 0 Å². The molecule has 3 heterocycles. The third-order valence-electron chi connectivity index (χ3n) is 11.7. The third kappa shape index (κ3) is 5.37. The van der Waals surface area contributed by atoms with Crippen LogP contribution in [0.2, 0.25) is 0 Å². The van der Waals surface area contributed by atoms with Gasteiger partial charge in [0.2, 0.25) is 0 Å². The molecule has 1 aliphatic carbocycles. The lowest BCUT2D eigenvalue weighted by Crippen LogP contribution is -2.14. The first-order valence-electron chi connectivity index (χ1n) is 19.6. The van der Waals surface area contributed by atoms with Gasteiger partial charge in [0.15, 0.2) is 17.5 Å². The molecule has 0 saturated carbocycles. The van der Waals surface area contributed by atoms with Crippen LogP contribution in [-0.2, 0) is 18.3 Å². The Labute approximate surface area is 327 Å². The lowest BCUT2D eigenvalue weighted by Gasteiger charge is -2.21. The molecule has 0 amide bonds. The first-order chi connectivity index (χ1) is 27.4. The highest BCUT2D eigenvalue weighted by atomic mass is 15.0. The Morgan fingerprint density at radius 1 is 0.482 bits per heavy atom. The SMILES string of the molecule is CCc1cc(-n2c3ccccc3c3cccnc32)ccc1-c1cc(-c2nc(-c3ccccc3)nc(-c3ccc4c(c3)-c3ccccc3C4(C)C)n2)ccc1CC. The normalized spacial score (nSPS) is 12.9. The summed E-state index contributed by atoms with van der Waals surface area (Å²) in [5.74, 6) is 1.98. The molecule has 5 heteroatoms. The van der Waals surface area contributed by atoms with Gasteiger partial charge in [-0.1, -0.05) is 131 Å². The number of pyridine rings is 1. The van der Waals surface area contributed by atoms with E-state index < -0.39 is 0 Å². The van der Waals surface area contributed by atoms with Crippen LogP contribution in [0.5, 0.6) is 0 Å². The Hall–Kier alpha value is -6.72. The summed E-state index contributed by atoms with van der Waals surface area (Å²) in [5, 5.41) is 2.37. The lowest BCUT2D eigenvalue weighted by atomic mass is 9.82. The molecule has 9 aromatic rings. The summed E-state index contributed by atoms with van der Waals surface area (Å²) in [6.45, 7) is 9.08. The molecular formula is C51H41N5. The number of para-hydroxylation sites is 1. The summed E-state index contributed by atoms with van der Waals surface area (Å²) in [6.07, 6.45) is 3.67. The van der Waals surface area contributed by atoms with Crippen molar-refractivity contribution in [1.82, 2.24) is 24.5 Å². The molecule has 3 aromatic heterocycles. The molecule has 0 N–H and O–H groups in total. The summed E-state index contributed by atoms with van der Waals surface area (Å²) in [5.41, 5.74) is 16.2. The molecule has 10 rings (SSSR count). The summed E-state index contributed by atoms with van der Waals surface area (Å²) in [6, 6.07) is 52.0. The average molecular weight is 724 g/mol. The van der Waals surface area contributed by atoms with E-state index in [1.165, 1.54) is 49.9 Å². The molecule has 0 radical (unpaired) electrons. The van der Waals surface area contributed by atoms with Crippen molar-refractivity contribution in [2.45, 2.75) is 46.0 Å². The standard InChI is InChI=1S/C51H41N5/c1-5-32-22-23-35(30-42(32)38-26-25-37(29-33(38)6-2)56-46-21-13-11-18-40(46)41-19-14-28-52-50(41)56)48-53-47(34-15-8-7-9-16-34)54-49(55-48)36-24-27-45-43(31-36)39-17-10-12-20-44(39)51(45,3)4/h7-31H,5-6H2,1-4H3. The molecule has 5 nitrogen and oxygen atoms in total. The topological polar surface area (TPSA) is 56.5 Å². The fourth-order valence-electron chi connectivity index (χ4n) is 8.82. The van der Waals surface area contributed by atoms with Crippen molar-refractivity contribution in [3.8, 4) is 62.1 Å². The third-order valence-corrected chi connectivity index (χ3v) is 11.7. The minimum absolute atomic E-state index is 0.0722. The molecule has 0 aliphatic heterocycles. The van der Waals surface area contributed by atoms with E-state index in [-0.39, 0.29) is 5.41 Å². The van der Waals surface area contributed by atoms with Crippen LogP contribution >= 0.6 is 0 Å². The van der Waals surface area contributed by atoms with E-state index in [0.29, 0.717) is 17.5 Å². The van der Waals surface area contributed by atoms with Crippen LogP contribution < -0.4 is 0 Å². The van der Waals surface area contributed by atoms with Crippen LogP contribution in [-0.4, -0.2) is 24.5 Å². The second-order valence-electron chi connectivity index (χ2n) is 15.3. The van der Waals surface area contributed by atoms with E-state index in [9.17, 15) is 0 Å². The smallest absolute Gasteiger partial charge is 0.164 e. The van der Waals surface area contributed by atoms with E-state index in [1.54, 1.807) is 0 Å². The summed E-state index contributed by atoms with van der Waals surface area (Å²) < 4.78 is 2.29. The number of hydrogen-bond donors (Lipinski definition) is 0. The van der Waals surface area contributed by atoms with Gasteiger partial charge in [-0.3, -0.25) is 4.57 Å². The molecule has 0 saturated heterocycles. The Kier molecular flexibility index (Phi) is 8.00. The molecule has 0 spiro atoms. The van der Waals surface area contributed by atoms with Crippen molar-refractivity contribution in [1.29, 1.82) is 0 Å². The van der Waals surface area contributed by atoms with Crippen LogP contribution in [0, 0.1) is 0 Å². The zero-order chi connectivity index (χ0) is 38.0. The number of aromatic nitrogens is 5. The van der Waals surface area contributed by atoms with Gasteiger partial charge in [-0.05, 0) is 99.8 Å². The highest BCUT2D eigenvalue weighted by Gasteiger charge is 2.35. The molecule has 0 unspecified atom stereocenters. The van der Waals surface area contributed by atoms with Gasteiger partial charge in [-0.15, -0.1) is 0 Å². The summed E-state index contributed by atoms with van der Waals surface area (Å²) >= 11 is 0. The molecule has 0 atom stereocenters. The lowest BCUT2D eigenvalue weighted by molar-refractivity contribution is 0.660. The number of hydrogen-bond acceptors (Lipinski definition) is 4. The minimum Gasteiger partial charge on any atom is -0.294 e. The molecule has 0 fully saturated rings. The van der Waals surface area contributed by atoms with Crippen LogP contribution in [0.15, 0.2) is 152 Å². The maximum atomic E-state index is 5.22. The van der Waals surface area contributed by atoms with Gasteiger partial charge < -0.3 is 0 Å². The average Bonchev–Trinajstić information content (AvgIpc) is 3.71. The minimum atomic E-state index is -0.0722. The largest absolute Gasteiger partial charge is 0.294 e. The van der Waals surface area contributed by atoms with E-state index in [2.05, 4.69) is 154 Å². The maximum Gasteiger partial charge on any atom is 0.164 e. The number of rotatable bonds is 7. The zero-order valence-corrected chi connectivity index (χ0v) is 32.1. The summed E-state index contributed by atoms with van der Waals surface area (Å²) in [7, 11) is 0. The van der Waals surface area contributed by atoms with Crippen molar-refractivity contribution in [2.75, 3.05) is 0 Å². The van der Waals surface area contributed by atoms with Gasteiger partial charge in [0.05, 0.1) is 5.52 Å². The van der Waals surface area contributed by atoms with Gasteiger partial charge in [-0.25, -0.2) is 19.9 Å². The maximum absolute atomic E-state index is 5.22. The monoisotopic (exact) mass is 723 g/mol. The Bertz CT molecular complexity index is 2920. The van der Waals surface area contributed by atoms with E-state index >= 15 is 0 Å².